The van der Waals surface area contributed by atoms with Crippen LogP contribution < -0.4 is 14.8 Å². The van der Waals surface area contributed by atoms with Crippen molar-refractivity contribution in [2.45, 2.75) is 19.3 Å². The van der Waals surface area contributed by atoms with Crippen LogP contribution in [0, 0.1) is 5.92 Å². The third-order valence-corrected chi connectivity index (χ3v) is 3.37. The van der Waals surface area contributed by atoms with Crippen LogP contribution in [0.25, 0.3) is 0 Å². The van der Waals surface area contributed by atoms with Crippen LogP contribution >= 0.6 is 0 Å². The van der Waals surface area contributed by atoms with Crippen LogP contribution in [0.5, 0.6) is 11.5 Å². The van der Waals surface area contributed by atoms with E-state index in [1.54, 1.807) is 7.11 Å². The van der Waals surface area contributed by atoms with Gasteiger partial charge in [0.1, 0.15) is 18.1 Å². The van der Waals surface area contributed by atoms with Gasteiger partial charge in [-0.2, -0.15) is 0 Å². The Labute approximate surface area is 119 Å². The van der Waals surface area contributed by atoms with Gasteiger partial charge in [-0.15, -0.1) is 0 Å². The Morgan fingerprint density at radius 2 is 2.00 bits per heavy atom. The van der Waals surface area contributed by atoms with E-state index in [1.165, 1.54) is 0 Å². The monoisotopic (exact) mass is 275 g/mol. The molecule has 0 saturated heterocycles. The summed E-state index contributed by atoms with van der Waals surface area (Å²) in [6, 6.07) is 7.41. The molecular weight excluding hydrogens is 254 g/mol. The number of ether oxygens (including phenoxy) is 2. The maximum atomic E-state index is 11.9. The first-order valence-corrected chi connectivity index (χ1v) is 6.99. The van der Waals surface area contributed by atoms with Gasteiger partial charge in [0.25, 0.3) is 0 Å². The van der Waals surface area contributed by atoms with Crippen molar-refractivity contribution in [1.82, 2.24) is 5.32 Å². The summed E-state index contributed by atoms with van der Waals surface area (Å²) in [5.74, 6) is 1.84. The van der Waals surface area contributed by atoms with Crippen molar-refractivity contribution in [1.29, 1.82) is 0 Å². The fraction of sp³-hybridized carbons (Fsp3) is 0.438. The number of rotatable bonds is 6. The summed E-state index contributed by atoms with van der Waals surface area (Å²) in [5.41, 5.74) is 0. The minimum atomic E-state index is 0.126. The van der Waals surface area contributed by atoms with Crippen LogP contribution in [0.15, 0.2) is 36.4 Å². The molecule has 0 radical (unpaired) electrons. The molecule has 1 aliphatic rings. The van der Waals surface area contributed by atoms with Gasteiger partial charge < -0.3 is 14.8 Å². The second kappa shape index (κ2) is 7.58. The molecule has 4 nitrogen and oxygen atoms in total. The molecule has 1 atom stereocenters. The number of carbonyl (C=O) groups excluding carboxylic acids is 1. The first-order chi connectivity index (χ1) is 9.79. The fourth-order valence-corrected chi connectivity index (χ4v) is 2.19. The number of methoxy groups -OCH3 is 1. The molecule has 2 rings (SSSR count). The maximum absolute atomic E-state index is 11.9. The van der Waals surface area contributed by atoms with Crippen LogP contribution in [-0.2, 0) is 4.79 Å². The molecule has 0 aromatic heterocycles. The Morgan fingerprint density at radius 1 is 1.25 bits per heavy atom. The SMILES string of the molecule is COc1ccc(OCCNC(=O)C2CC=CCC2)cc1. The highest BCUT2D eigenvalue weighted by Gasteiger charge is 2.17. The second-order valence-corrected chi connectivity index (χ2v) is 4.80. The lowest BCUT2D eigenvalue weighted by atomic mass is 9.94. The molecule has 0 spiro atoms. The Balaban J connectivity index is 1.65. The predicted molar refractivity (Wildman–Crippen MR) is 78.0 cm³/mol. The van der Waals surface area contributed by atoms with Crippen LogP contribution in [-0.4, -0.2) is 26.2 Å². The number of hydrogen-bond acceptors (Lipinski definition) is 3. The molecule has 1 aliphatic carbocycles. The normalized spacial score (nSPS) is 17.6. The molecule has 0 fully saturated rings. The van der Waals surface area contributed by atoms with Crippen molar-refractivity contribution in [2.75, 3.05) is 20.3 Å². The number of hydrogen-bond donors (Lipinski definition) is 1. The van der Waals surface area contributed by atoms with Crippen LogP contribution in [0.4, 0.5) is 0 Å². The van der Waals surface area contributed by atoms with Gasteiger partial charge in [-0.05, 0) is 43.5 Å². The highest BCUT2D eigenvalue weighted by atomic mass is 16.5. The van der Waals surface area contributed by atoms with Gasteiger partial charge in [-0.3, -0.25) is 4.79 Å². The summed E-state index contributed by atoms with van der Waals surface area (Å²) in [6.07, 6.45) is 7.02. The van der Waals surface area contributed by atoms with Crippen LogP contribution in [0.3, 0.4) is 0 Å². The second-order valence-electron chi connectivity index (χ2n) is 4.80. The molecule has 1 amide bonds. The van der Waals surface area contributed by atoms with E-state index in [0.717, 1.165) is 30.8 Å². The summed E-state index contributed by atoms with van der Waals surface area (Å²) in [4.78, 5) is 11.9. The quantitative estimate of drug-likeness (QED) is 0.641. The van der Waals surface area contributed by atoms with Gasteiger partial charge in [0.15, 0.2) is 0 Å². The van der Waals surface area contributed by atoms with Crippen molar-refractivity contribution in [3.05, 3.63) is 36.4 Å². The zero-order valence-electron chi connectivity index (χ0n) is 11.8. The van der Waals surface area contributed by atoms with Crippen molar-refractivity contribution in [2.24, 2.45) is 5.92 Å². The minimum absolute atomic E-state index is 0.126. The Kier molecular flexibility index (Phi) is 5.47. The molecule has 4 heteroatoms. The molecule has 0 heterocycles. The lowest BCUT2D eigenvalue weighted by molar-refractivity contribution is -0.125. The molecule has 0 aliphatic heterocycles. The number of benzene rings is 1. The zero-order chi connectivity index (χ0) is 14.2. The first-order valence-electron chi connectivity index (χ1n) is 6.99. The number of carbonyl (C=O) groups is 1. The molecule has 1 aromatic carbocycles. The van der Waals surface area contributed by atoms with Gasteiger partial charge in [-0.25, -0.2) is 0 Å². The lowest BCUT2D eigenvalue weighted by Crippen LogP contribution is -2.34. The highest BCUT2D eigenvalue weighted by molar-refractivity contribution is 5.78. The summed E-state index contributed by atoms with van der Waals surface area (Å²) in [6.45, 7) is 1.01. The summed E-state index contributed by atoms with van der Waals surface area (Å²) in [7, 11) is 1.63. The molecule has 1 unspecified atom stereocenters. The predicted octanol–water partition coefficient (Wildman–Crippen LogP) is 2.55. The first kappa shape index (κ1) is 14.4. The summed E-state index contributed by atoms with van der Waals surface area (Å²) in [5, 5.41) is 2.92. The smallest absolute Gasteiger partial charge is 0.223 e. The van der Waals surface area contributed by atoms with E-state index in [2.05, 4.69) is 17.5 Å². The van der Waals surface area contributed by atoms with Crippen molar-refractivity contribution in [3.8, 4) is 11.5 Å². The van der Waals surface area contributed by atoms with Gasteiger partial charge in [-0.1, -0.05) is 12.2 Å². The number of allylic oxidation sites excluding steroid dienone is 2. The van der Waals surface area contributed by atoms with Gasteiger partial charge in [0.2, 0.25) is 5.91 Å². The number of nitrogens with one attached hydrogen (secondary N) is 1. The van der Waals surface area contributed by atoms with E-state index in [-0.39, 0.29) is 11.8 Å². The molecule has 20 heavy (non-hydrogen) atoms. The topological polar surface area (TPSA) is 47.6 Å². The molecule has 1 N–H and O–H groups in total. The minimum Gasteiger partial charge on any atom is -0.497 e. The van der Waals surface area contributed by atoms with Gasteiger partial charge in [0, 0.05) is 5.92 Å². The summed E-state index contributed by atoms with van der Waals surface area (Å²) >= 11 is 0. The lowest BCUT2D eigenvalue weighted by Gasteiger charge is -2.17. The molecule has 0 saturated carbocycles. The van der Waals surface area contributed by atoms with Crippen LogP contribution in [0.1, 0.15) is 19.3 Å². The fourth-order valence-electron chi connectivity index (χ4n) is 2.19. The average Bonchev–Trinajstić information content (AvgIpc) is 2.53. The molecule has 108 valence electrons. The van der Waals surface area contributed by atoms with E-state index in [1.807, 2.05) is 24.3 Å². The Morgan fingerprint density at radius 3 is 2.65 bits per heavy atom. The van der Waals surface area contributed by atoms with E-state index >= 15 is 0 Å². The van der Waals surface area contributed by atoms with E-state index < -0.39 is 0 Å². The highest BCUT2D eigenvalue weighted by Crippen LogP contribution is 2.18. The Hall–Kier alpha value is -1.97. The van der Waals surface area contributed by atoms with E-state index in [9.17, 15) is 4.79 Å². The largest absolute Gasteiger partial charge is 0.497 e. The standard InChI is InChI=1S/C16H21NO3/c1-19-14-7-9-15(10-8-14)20-12-11-17-16(18)13-5-3-2-4-6-13/h2-3,7-10,13H,4-6,11-12H2,1H3,(H,17,18). The Bertz CT molecular complexity index is 453. The maximum Gasteiger partial charge on any atom is 0.223 e. The molecular formula is C16H21NO3. The van der Waals surface area contributed by atoms with Gasteiger partial charge >= 0.3 is 0 Å². The third kappa shape index (κ3) is 4.30. The van der Waals surface area contributed by atoms with Crippen molar-refractivity contribution in [3.63, 3.8) is 0 Å². The van der Waals surface area contributed by atoms with E-state index in [4.69, 9.17) is 9.47 Å². The summed E-state index contributed by atoms with van der Waals surface area (Å²) < 4.78 is 10.6. The third-order valence-electron chi connectivity index (χ3n) is 3.37. The molecule has 0 bridgehead atoms. The van der Waals surface area contributed by atoms with Crippen molar-refractivity contribution < 1.29 is 14.3 Å². The zero-order valence-corrected chi connectivity index (χ0v) is 11.8. The van der Waals surface area contributed by atoms with Crippen LogP contribution in [0.2, 0.25) is 0 Å². The van der Waals surface area contributed by atoms with Gasteiger partial charge in [0.05, 0.1) is 13.7 Å². The average molecular weight is 275 g/mol. The molecule has 1 aromatic rings. The van der Waals surface area contributed by atoms with E-state index in [0.29, 0.717) is 13.2 Å². The number of amides is 1. The van der Waals surface area contributed by atoms with Crippen molar-refractivity contribution >= 4 is 5.91 Å².